The van der Waals surface area contributed by atoms with Gasteiger partial charge >= 0.3 is 5.97 Å². The van der Waals surface area contributed by atoms with Crippen LogP contribution in [0.15, 0.2) is 65.6 Å². The summed E-state index contributed by atoms with van der Waals surface area (Å²) in [5.74, 6) is 0.599. The summed E-state index contributed by atoms with van der Waals surface area (Å²) < 4.78 is 37.0. The van der Waals surface area contributed by atoms with E-state index in [0.29, 0.717) is 33.8 Å². The van der Waals surface area contributed by atoms with Crippen molar-refractivity contribution in [3.8, 4) is 11.5 Å². The largest absolute Gasteiger partial charge is 0.456 e. The van der Waals surface area contributed by atoms with Crippen molar-refractivity contribution in [1.82, 2.24) is 0 Å². The summed E-state index contributed by atoms with van der Waals surface area (Å²) in [6.45, 7) is 5.85. The van der Waals surface area contributed by atoms with Crippen LogP contribution in [0.5, 0.6) is 11.5 Å². The Morgan fingerprint density at radius 2 is 1.62 bits per heavy atom. The number of ether oxygens (including phenoxy) is 2. The van der Waals surface area contributed by atoms with Gasteiger partial charge in [0.15, 0.2) is 15.4 Å². The molecule has 0 aromatic heterocycles. The van der Waals surface area contributed by atoms with E-state index in [1.165, 1.54) is 6.07 Å². The lowest BCUT2D eigenvalue weighted by Gasteiger charge is -2.37. The number of hydrogen-bond acceptors (Lipinski definition) is 6. The second kappa shape index (κ2) is 7.10. The Bertz CT molecular complexity index is 1360. The van der Waals surface area contributed by atoms with Crippen LogP contribution in [-0.2, 0) is 20.2 Å². The Morgan fingerprint density at radius 1 is 0.875 bits per heavy atom. The summed E-state index contributed by atoms with van der Waals surface area (Å²) in [5.41, 5.74) is 2.03. The summed E-state index contributed by atoms with van der Waals surface area (Å²) in [7, 11) is -3.48. The molecule has 0 aliphatic carbocycles. The van der Waals surface area contributed by atoms with Gasteiger partial charge in [-0.3, -0.25) is 0 Å². The van der Waals surface area contributed by atoms with Crippen LogP contribution < -0.4 is 9.64 Å². The van der Waals surface area contributed by atoms with Crippen LogP contribution in [0.2, 0.25) is 0 Å². The van der Waals surface area contributed by atoms with Gasteiger partial charge in [-0.05, 0) is 50.2 Å². The fraction of sp³-hybridized carbons (Fsp3) is 0.240. The first kappa shape index (κ1) is 20.6. The van der Waals surface area contributed by atoms with Crippen molar-refractivity contribution in [3.63, 3.8) is 0 Å². The Morgan fingerprint density at radius 3 is 2.34 bits per heavy atom. The number of carbonyl (C=O) groups excluding carboxylic acids is 1. The zero-order valence-corrected chi connectivity index (χ0v) is 18.9. The van der Waals surface area contributed by atoms with E-state index >= 15 is 0 Å². The summed E-state index contributed by atoms with van der Waals surface area (Å²) in [4.78, 5) is 15.3. The van der Waals surface area contributed by atoms with E-state index in [1.807, 2.05) is 30.3 Å². The summed E-state index contributed by atoms with van der Waals surface area (Å²) >= 11 is 0. The minimum atomic E-state index is -3.48. The fourth-order valence-electron chi connectivity index (χ4n) is 4.66. The van der Waals surface area contributed by atoms with Crippen molar-refractivity contribution < 1.29 is 22.7 Å². The minimum Gasteiger partial charge on any atom is -0.456 e. The Kier molecular flexibility index (Phi) is 4.57. The predicted octanol–water partition coefficient (Wildman–Crippen LogP) is 4.50. The molecule has 0 saturated heterocycles. The molecule has 1 spiro atoms. The molecule has 0 radical (unpaired) electrons. The second-order valence-electron chi connectivity index (χ2n) is 8.00. The van der Waals surface area contributed by atoms with Crippen molar-refractivity contribution in [3.05, 3.63) is 82.9 Å². The molecule has 1 unspecified atom stereocenters. The first-order chi connectivity index (χ1) is 15.3. The third-order valence-electron chi connectivity index (χ3n) is 6.22. The van der Waals surface area contributed by atoms with Gasteiger partial charge < -0.3 is 14.4 Å². The Labute approximate surface area is 187 Å². The standard InChI is InChI=1S/C25H23NO5S/c1-4-26(5-2)16-10-12-20-23(14-16)30-22-13-11-17(32(3,28)29)15-21(22)25(20)19-9-7-6-8-18(19)24(27)31-25/h6-15H,4-5H2,1-3H3. The molecule has 7 heteroatoms. The molecule has 3 aromatic rings. The van der Waals surface area contributed by atoms with Gasteiger partial charge in [0.1, 0.15) is 11.5 Å². The highest BCUT2D eigenvalue weighted by atomic mass is 32.2. The van der Waals surface area contributed by atoms with Gasteiger partial charge in [0.25, 0.3) is 0 Å². The van der Waals surface area contributed by atoms with E-state index in [1.54, 1.807) is 24.3 Å². The van der Waals surface area contributed by atoms with Gasteiger partial charge in [-0.2, -0.15) is 0 Å². The molecule has 2 heterocycles. The number of esters is 1. The number of sulfone groups is 1. The number of nitrogens with zero attached hydrogens (tertiary/aromatic N) is 1. The second-order valence-corrected chi connectivity index (χ2v) is 10.0. The van der Waals surface area contributed by atoms with Gasteiger partial charge in [-0.15, -0.1) is 0 Å². The topological polar surface area (TPSA) is 72.9 Å². The normalized spacial score (nSPS) is 18.4. The molecule has 5 rings (SSSR count). The molecular weight excluding hydrogens is 426 g/mol. The number of fused-ring (bicyclic) bond motifs is 6. The zero-order chi connectivity index (χ0) is 22.7. The first-order valence-electron chi connectivity index (χ1n) is 10.5. The van der Waals surface area contributed by atoms with Crippen molar-refractivity contribution in [1.29, 1.82) is 0 Å². The SMILES string of the molecule is CCN(CC)c1ccc2c(c1)Oc1ccc(S(C)(=O)=O)cc1C21OC(=O)c2ccccc21. The number of rotatable bonds is 4. The molecule has 0 N–H and O–H groups in total. The molecule has 0 bridgehead atoms. The Hall–Kier alpha value is -3.32. The van der Waals surface area contributed by atoms with Crippen molar-refractivity contribution >= 4 is 21.5 Å². The van der Waals surface area contributed by atoms with E-state index in [2.05, 4.69) is 18.7 Å². The van der Waals surface area contributed by atoms with Gasteiger partial charge in [-0.25, -0.2) is 13.2 Å². The van der Waals surface area contributed by atoms with Crippen LogP contribution in [0, 0.1) is 0 Å². The number of hydrogen-bond donors (Lipinski definition) is 0. The van der Waals surface area contributed by atoms with Crippen LogP contribution in [-0.4, -0.2) is 33.7 Å². The van der Waals surface area contributed by atoms with Crippen molar-refractivity contribution in [2.24, 2.45) is 0 Å². The maximum Gasteiger partial charge on any atom is 0.340 e. The maximum atomic E-state index is 12.9. The Balaban J connectivity index is 1.83. The first-order valence-corrected chi connectivity index (χ1v) is 12.4. The molecule has 2 aliphatic heterocycles. The van der Waals surface area contributed by atoms with Gasteiger partial charge in [0, 0.05) is 47.8 Å². The monoisotopic (exact) mass is 449 g/mol. The van der Waals surface area contributed by atoms with Gasteiger partial charge in [0.05, 0.1) is 10.5 Å². The average Bonchev–Trinajstić information content (AvgIpc) is 3.07. The van der Waals surface area contributed by atoms with Crippen LogP contribution in [0.1, 0.15) is 40.9 Å². The lowest BCUT2D eigenvalue weighted by Crippen LogP contribution is -2.33. The molecule has 0 saturated carbocycles. The molecule has 0 amide bonds. The molecule has 1 atom stereocenters. The van der Waals surface area contributed by atoms with Crippen molar-refractivity contribution in [2.75, 3.05) is 24.2 Å². The molecule has 3 aromatic carbocycles. The maximum absolute atomic E-state index is 12.9. The molecule has 6 nitrogen and oxygen atoms in total. The van der Waals surface area contributed by atoms with Gasteiger partial charge in [0.2, 0.25) is 0 Å². The molecular formula is C25H23NO5S. The minimum absolute atomic E-state index is 0.142. The zero-order valence-electron chi connectivity index (χ0n) is 18.1. The third-order valence-corrected chi connectivity index (χ3v) is 7.33. The highest BCUT2D eigenvalue weighted by Crippen LogP contribution is 2.56. The van der Waals surface area contributed by atoms with Crippen LogP contribution in [0.3, 0.4) is 0 Å². The van der Waals surface area contributed by atoms with E-state index in [0.717, 1.165) is 25.0 Å². The van der Waals surface area contributed by atoms with E-state index in [9.17, 15) is 13.2 Å². The fourth-order valence-corrected chi connectivity index (χ4v) is 5.30. The van der Waals surface area contributed by atoms with Gasteiger partial charge in [-0.1, -0.05) is 18.2 Å². The quantitative estimate of drug-likeness (QED) is 0.546. The molecule has 2 aliphatic rings. The summed E-state index contributed by atoms with van der Waals surface area (Å²) in [6.07, 6.45) is 1.16. The lowest BCUT2D eigenvalue weighted by atomic mass is 9.77. The molecule has 0 fully saturated rings. The summed E-state index contributed by atoms with van der Waals surface area (Å²) in [5, 5.41) is 0. The lowest BCUT2D eigenvalue weighted by molar-refractivity contribution is 0.0224. The average molecular weight is 450 g/mol. The van der Waals surface area contributed by atoms with E-state index in [4.69, 9.17) is 9.47 Å². The third kappa shape index (κ3) is 2.84. The van der Waals surface area contributed by atoms with Crippen LogP contribution in [0.4, 0.5) is 5.69 Å². The van der Waals surface area contributed by atoms with Crippen LogP contribution >= 0.6 is 0 Å². The number of anilines is 1. The van der Waals surface area contributed by atoms with Crippen LogP contribution in [0.25, 0.3) is 0 Å². The van der Waals surface area contributed by atoms with E-state index in [-0.39, 0.29) is 4.90 Å². The number of carbonyl (C=O) groups is 1. The molecule has 32 heavy (non-hydrogen) atoms. The summed E-state index contributed by atoms with van der Waals surface area (Å²) in [6, 6.07) is 17.8. The highest BCUT2D eigenvalue weighted by Gasteiger charge is 2.53. The van der Waals surface area contributed by atoms with Crippen molar-refractivity contribution in [2.45, 2.75) is 24.3 Å². The highest BCUT2D eigenvalue weighted by molar-refractivity contribution is 7.90. The smallest absolute Gasteiger partial charge is 0.340 e. The van der Waals surface area contributed by atoms with E-state index < -0.39 is 21.4 Å². The number of benzene rings is 3. The molecule has 164 valence electrons. The predicted molar refractivity (Wildman–Crippen MR) is 121 cm³/mol.